The number of likely N-dealkylation sites (N-methyl/N-ethyl adjacent to an activating group) is 1. The van der Waals surface area contributed by atoms with Gasteiger partial charge in [-0.15, -0.1) is 24.0 Å². The number of carbonyl (C=O) groups excluding carboxylic acids is 1. The van der Waals surface area contributed by atoms with Gasteiger partial charge in [0, 0.05) is 51.2 Å². The lowest BCUT2D eigenvalue weighted by Crippen LogP contribution is -2.51. The van der Waals surface area contributed by atoms with Crippen molar-refractivity contribution in [1.82, 2.24) is 15.5 Å². The molecule has 2 N–H and O–H groups in total. The van der Waals surface area contributed by atoms with E-state index >= 15 is 0 Å². The summed E-state index contributed by atoms with van der Waals surface area (Å²) in [6.07, 6.45) is 4.33. The van der Waals surface area contributed by atoms with E-state index in [1.165, 1.54) is 11.3 Å². The van der Waals surface area contributed by atoms with Gasteiger partial charge in [-0.1, -0.05) is 17.7 Å². The van der Waals surface area contributed by atoms with Crippen molar-refractivity contribution in [2.75, 3.05) is 57.2 Å². The first-order valence-corrected chi connectivity index (χ1v) is 10.9. The molecule has 0 radical (unpaired) electrons. The smallest absolute Gasteiger partial charge is 0.243 e. The fourth-order valence-corrected chi connectivity index (χ4v) is 3.30. The average Bonchev–Trinajstić information content (AvgIpc) is 2.66. The van der Waals surface area contributed by atoms with Crippen molar-refractivity contribution in [3.05, 3.63) is 29.8 Å². The van der Waals surface area contributed by atoms with Crippen LogP contribution in [0, 0.1) is 6.92 Å². The standard InChI is InChI=1S/C20H33N5OS.HI/c1-16-7-9-18(10-8-16)25-12-5-6-17(15-25)23-20(21-11-13-27-4)22-14-19(26)24(2)3;/h7-10,17H,5-6,11-15H2,1-4H3,(H2,21,22,23);1H. The number of thioether (sulfide) groups is 1. The minimum Gasteiger partial charge on any atom is -0.369 e. The van der Waals surface area contributed by atoms with Crippen LogP contribution in [0.15, 0.2) is 29.3 Å². The molecule has 28 heavy (non-hydrogen) atoms. The number of guanidine groups is 1. The van der Waals surface area contributed by atoms with Gasteiger partial charge < -0.3 is 20.4 Å². The summed E-state index contributed by atoms with van der Waals surface area (Å²) in [7, 11) is 3.51. The molecule has 0 bridgehead atoms. The topological polar surface area (TPSA) is 60.0 Å². The Bertz CT molecular complexity index is 624. The number of nitrogens with zero attached hydrogens (tertiary/aromatic N) is 3. The van der Waals surface area contributed by atoms with Crippen LogP contribution in [-0.4, -0.2) is 75.1 Å². The van der Waals surface area contributed by atoms with Gasteiger partial charge in [0.15, 0.2) is 5.96 Å². The Labute approximate surface area is 190 Å². The number of aryl methyl sites for hydroxylation is 1. The molecule has 6 nitrogen and oxygen atoms in total. The van der Waals surface area contributed by atoms with Crippen molar-refractivity contribution < 1.29 is 4.79 Å². The molecule has 1 aliphatic rings. The molecule has 1 aromatic carbocycles. The highest BCUT2D eigenvalue weighted by molar-refractivity contribution is 14.0. The van der Waals surface area contributed by atoms with Crippen LogP contribution in [-0.2, 0) is 4.79 Å². The fourth-order valence-electron chi connectivity index (χ4n) is 2.99. The molecule has 8 heteroatoms. The maximum atomic E-state index is 11.9. The predicted molar refractivity (Wildman–Crippen MR) is 132 cm³/mol. The summed E-state index contributed by atoms with van der Waals surface area (Å²) >= 11 is 1.79. The summed E-state index contributed by atoms with van der Waals surface area (Å²) in [5, 5.41) is 6.89. The van der Waals surface area contributed by atoms with E-state index in [4.69, 9.17) is 0 Å². The highest BCUT2D eigenvalue weighted by atomic mass is 127. The molecule has 1 amide bonds. The van der Waals surface area contributed by atoms with E-state index in [0.29, 0.717) is 6.04 Å². The Morgan fingerprint density at radius 3 is 2.68 bits per heavy atom. The Morgan fingerprint density at radius 1 is 1.32 bits per heavy atom. The number of carbonyl (C=O) groups is 1. The number of aliphatic imine (C=N–C) groups is 1. The van der Waals surface area contributed by atoms with Crippen molar-refractivity contribution in [2.24, 2.45) is 4.99 Å². The van der Waals surface area contributed by atoms with Crippen LogP contribution in [0.2, 0.25) is 0 Å². The second-order valence-electron chi connectivity index (χ2n) is 7.14. The SMILES string of the molecule is CSCCNC(=NCC(=O)N(C)C)NC1CCCN(c2ccc(C)cc2)C1.I. The first kappa shape index (κ1) is 24.9. The van der Waals surface area contributed by atoms with Crippen molar-refractivity contribution in [2.45, 2.75) is 25.8 Å². The van der Waals surface area contributed by atoms with Crippen molar-refractivity contribution in [1.29, 1.82) is 0 Å². The van der Waals surface area contributed by atoms with E-state index < -0.39 is 0 Å². The molecule has 0 spiro atoms. The van der Waals surface area contributed by atoms with Gasteiger partial charge in [-0.25, -0.2) is 4.99 Å². The number of anilines is 1. The number of hydrogen-bond donors (Lipinski definition) is 2. The number of benzene rings is 1. The zero-order valence-corrected chi connectivity index (χ0v) is 20.5. The van der Waals surface area contributed by atoms with Gasteiger partial charge in [0.1, 0.15) is 6.54 Å². The molecule has 1 aromatic rings. The molecule has 0 aromatic heterocycles. The lowest BCUT2D eigenvalue weighted by molar-refractivity contribution is -0.127. The van der Waals surface area contributed by atoms with Crippen molar-refractivity contribution in [3.63, 3.8) is 0 Å². The summed E-state index contributed by atoms with van der Waals surface area (Å²) in [4.78, 5) is 20.4. The highest BCUT2D eigenvalue weighted by Crippen LogP contribution is 2.20. The normalized spacial score (nSPS) is 16.9. The van der Waals surface area contributed by atoms with Crippen LogP contribution in [0.25, 0.3) is 0 Å². The Hall–Kier alpha value is -1.16. The predicted octanol–water partition coefficient (Wildman–Crippen LogP) is 2.57. The number of hydrogen-bond acceptors (Lipinski definition) is 4. The molecule has 1 saturated heterocycles. The summed E-state index contributed by atoms with van der Waals surface area (Å²) in [5.74, 6) is 1.74. The first-order valence-electron chi connectivity index (χ1n) is 9.55. The minimum absolute atomic E-state index is 0. The average molecular weight is 519 g/mol. The number of amides is 1. The monoisotopic (exact) mass is 519 g/mol. The molecule has 0 aliphatic carbocycles. The largest absolute Gasteiger partial charge is 0.369 e. The van der Waals surface area contributed by atoms with Crippen LogP contribution in [0.5, 0.6) is 0 Å². The number of nitrogens with one attached hydrogen (secondary N) is 2. The molecule has 1 fully saturated rings. The van der Waals surface area contributed by atoms with Crippen LogP contribution in [0.3, 0.4) is 0 Å². The minimum atomic E-state index is 0. The summed E-state index contributed by atoms with van der Waals surface area (Å²) in [6, 6.07) is 9.03. The second-order valence-corrected chi connectivity index (χ2v) is 8.12. The Balaban J connectivity index is 0.00000392. The van der Waals surface area contributed by atoms with Gasteiger partial charge in [0.05, 0.1) is 0 Å². The molecular formula is C20H34IN5OS. The maximum absolute atomic E-state index is 11.9. The second kappa shape index (κ2) is 13.1. The maximum Gasteiger partial charge on any atom is 0.243 e. The van der Waals surface area contributed by atoms with Gasteiger partial charge in [0.2, 0.25) is 5.91 Å². The summed E-state index contributed by atoms with van der Waals surface area (Å²) in [6.45, 7) is 5.12. The molecular weight excluding hydrogens is 485 g/mol. The number of rotatable bonds is 7. The Morgan fingerprint density at radius 2 is 2.04 bits per heavy atom. The molecule has 1 atom stereocenters. The zero-order valence-electron chi connectivity index (χ0n) is 17.4. The van der Waals surface area contributed by atoms with E-state index in [1.807, 2.05) is 0 Å². The van der Waals surface area contributed by atoms with Gasteiger partial charge in [-0.05, 0) is 38.2 Å². The van der Waals surface area contributed by atoms with Crippen LogP contribution >= 0.6 is 35.7 Å². The third kappa shape index (κ3) is 8.46. The van der Waals surface area contributed by atoms with Gasteiger partial charge in [-0.3, -0.25) is 4.79 Å². The molecule has 2 rings (SSSR count). The molecule has 0 saturated carbocycles. The van der Waals surface area contributed by atoms with E-state index in [9.17, 15) is 4.79 Å². The summed E-state index contributed by atoms with van der Waals surface area (Å²) < 4.78 is 0. The molecule has 1 aliphatic heterocycles. The van der Waals surface area contributed by atoms with Crippen molar-refractivity contribution in [3.8, 4) is 0 Å². The van der Waals surface area contributed by atoms with Gasteiger partial charge >= 0.3 is 0 Å². The van der Waals surface area contributed by atoms with Gasteiger partial charge in [-0.2, -0.15) is 11.8 Å². The quantitative estimate of drug-likeness (QED) is 0.251. The van der Waals surface area contributed by atoms with E-state index in [1.54, 1.807) is 30.8 Å². The lowest BCUT2D eigenvalue weighted by Gasteiger charge is -2.35. The molecule has 1 heterocycles. The third-order valence-electron chi connectivity index (χ3n) is 4.63. The fraction of sp³-hybridized carbons (Fsp3) is 0.600. The van der Waals surface area contributed by atoms with E-state index in [-0.39, 0.29) is 36.4 Å². The van der Waals surface area contributed by atoms with E-state index in [0.717, 1.165) is 44.2 Å². The molecule has 1 unspecified atom stereocenters. The van der Waals surface area contributed by atoms with Crippen LogP contribution in [0.1, 0.15) is 18.4 Å². The van der Waals surface area contributed by atoms with Crippen molar-refractivity contribution >= 4 is 53.3 Å². The number of piperidine rings is 1. The van der Waals surface area contributed by atoms with Gasteiger partial charge in [0.25, 0.3) is 0 Å². The van der Waals surface area contributed by atoms with Crippen LogP contribution < -0.4 is 15.5 Å². The first-order chi connectivity index (χ1) is 13.0. The third-order valence-corrected chi connectivity index (χ3v) is 5.24. The Kier molecular flexibility index (Phi) is 11.7. The number of halogens is 1. The molecule has 158 valence electrons. The van der Waals surface area contributed by atoms with Crippen LogP contribution in [0.4, 0.5) is 5.69 Å². The van der Waals surface area contributed by atoms with E-state index in [2.05, 4.69) is 58.0 Å². The highest BCUT2D eigenvalue weighted by Gasteiger charge is 2.21. The lowest BCUT2D eigenvalue weighted by atomic mass is 10.0. The summed E-state index contributed by atoms with van der Waals surface area (Å²) in [5.41, 5.74) is 2.55. The zero-order chi connectivity index (χ0) is 19.6.